The number of para-hydroxylation sites is 3. The molecule has 0 unspecified atom stereocenters. The molecule has 156 valence electrons. The third-order valence-corrected chi connectivity index (χ3v) is 6.65. The van der Waals surface area contributed by atoms with Gasteiger partial charge >= 0.3 is 0 Å². The predicted molar refractivity (Wildman–Crippen MR) is 138 cm³/mol. The second-order valence-electron chi connectivity index (χ2n) is 8.70. The molecule has 0 amide bonds. The molecule has 0 fully saturated rings. The number of aromatic nitrogens is 1. The van der Waals surface area contributed by atoms with Gasteiger partial charge in [0.15, 0.2) is 0 Å². The maximum atomic E-state index is 6.33. The minimum atomic E-state index is 0.926. The summed E-state index contributed by atoms with van der Waals surface area (Å²) in [6.45, 7) is 2.14. The largest absolute Gasteiger partial charge is 0.455 e. The molecule has 2 heteroatoms. The van der Waals surface area contributed by atoms with Gasteiger partial charge in [0.25, 0.3) is 0 Å². The first-order valence-corrected chi connectivity index (χ1v) is 11.3. The van der Waals surface area contributed by atoms with Crippen LogP contribution in [-0.4, -0.2) is 4.57 Å². The van der Waals surface area contributed by atoms with Crippen LogP contribution in [0.3, 0.4) is 0 Å². The molecule has 0 saturated heterocycles. The fourth-order valence-electron chi connectivity index (χ4n) is 5.16. The average molecular weight is 424 g/mol. The molecule has 0 aliphatic rings. The van der Waals surface area contributed by atoms with Crippen molar-refractivity contribution in [3.05, 3.63) is 115 Å². The zero-order valence-electron chi connectivity index (χ0n) is 18.2. The Bertz CT molecular complexity index is 1830. The number of benzene rings is 5. The summed E-state index contributed by atoms with van der Waals surface area (Å²) in [4.78, 5) is 0. The summed E-state index contributed by atoms with van der Waals surface area (Å²) in [6.07, 6.45) is 0. The van der Waals surface area contributed by atoms with Crippen LogP contribution >= 0.6 is 0 Å². The Balaban J connectivity index is 1.56. The van der Waals surface area contributed by atoms with Crippen molar-refractivity contribution in [1.29, 1.82) is 0 Å². The lowest BCUT2D eigenvalue weighted by molar-refractivity contribution is 0.670. The van der Waals surface area contributed by atoms with Gasteiger partial charge in [-0.1, -0.05) is 78.9 Å². The number of furan rings is 1. The average Bonchev–Trinajstić information content (AvgIpc) is 3.39. The van der Waals surface area contributed by atoms with E-state index in [1.807, 2.05) is 12.1 Å². The molecule has 7 rings (SSSR count). The molecule has 5 aromatic carbocycles. The highest BCUT2D eigenvalue weighted by atomic mass is 16.3. The first-order chi connectivity index (χ1) is 16.3. The highest BCUT2D eigenvalue weighted by Crippen LogP contribution is 2.39. The van der Waals surface area contributed by atoms with Crippen LogP contribution in [0.4, 0.5) is 0 Å². The maximum absolute atomic E-state index is 6.33. The van der Waals surface area contributed by atoms with E-state index in [2.05, 4.69) is 109 Å². The second kappa shape index (κ2) is 6.85. The Hall–Kier alpha value is -4.30. The SMILES string of the molecule is Cc1cccc(-n2c3ccccc3c3ccc(-c4cccc5c4oc4ccccc45)cc32)c1. The van der Waals surface area contributed by atoms with Gasteiger partial charge in [0.05, 0.1) is 11.0 Å². The van der Waals surface area contributed by atoms with Crippen molar-refractivity contribution >= 4 is 43.7 Å². The van der Waals surface area contributed by atoms with E-state index < -0.39 is 0 Å². The molecule has 0 spiro atoms. The summed E-state index contributed by atoms with van der Waals surface area (Å²) in [5.74, 6) is 0. The minimum Gasteiger partial charge on any atom is -0.455 e. The lowest BCUT2D eigenvalue weighted by atomic mass is 10.0. The number of nitrogens with zero attached hydrogens (tertiary/aromatic N) is 1. The third-order valence-electron chi connectivity index (χ3n) is 6.65. The maximum Gasteiger partial charge on any atom is 0.143 e. The molecule has 2 aromatic heterocycles. The van der Waals surface area contributed by atoms with Gasteiger partial charge in [0.2, 0.25) is 0 Å². The summed E-state index contributed by atoms with van der Waals surface area (Å²) in [7, 11) is 0. The van der Waals surface area contributed by atoms with Gasteiger partial charge in [0.1, 0.15) is 11.2 Å². The summed E-state index contributed by atoms with van der Waals surface area (Å²) >= 11 is 0. The summed E-state index contributed by atoms with van der Waals surface area (Å²) in [5, 5.41) is 4.84. The molecular weight excluding hydrogens is 402 g/mol. The number of hydrogen-bond donors (Lipinski definition) is 0. The Kier molecular flexibility index (Phi) is 3.80. The molecule has 2 heterocycles. The smallest absolute Gasteiger partial charge is 0.143 e. The standard InChI is InChI=1S/C31H21NO/c1-20-8-6-9-22(18-20)32-28-14-4-2-10-24(28)25-17-16-21(19-29(25)32)23-12-7-13-27-26-11-3-5-15-30(26)33-31(23)27/h2-19H,1H3. The van der Waals surface area contributed by atoms with E-state index in [1.165, 1.54) is 33.1 Å². The fraction of sp³-hybridized carbons (Fsp3) is 0.0323. The molecule has 0 N–H and O–H groups in total. The van der Waals surface area contributed by atoms with Crippen LogP contribution in [0.25, 0.3) is 60.6 Å². The van der Waals surface area contributed by atoms with E-state index in [0.29, 0.717) is 0 Å². The van der Waals surface area contributed by atoms with Gasteiger partial charge < -0.3 is 8.98 Å². The zero-order chi connectivity index (χ0) is 21.9. The molecule has 7 aromatic rings. The quantitative estimate of drug-likeness (QED) is 0.272. The van der Waals surface area contributed by atoms with E-state index >= 15 is 0 Å². The molecular formula is C31H21NO. The topological polar surface area (TPSA) is 18.1 Å². The molecule has 0 atom stereocenters. The Morgan fingerprint density at radius 3 is 2.24 bits per heavy atom. The molecule has 0 radical (unpaired) electrons. The Morgan fingerprint density at radius 1 is 0.576 bits per heavy atom. The van der Waals surface area contributed by atoms with Crippen molar-refractivity contribution in [2.45, 2.75) is 6.92 Å². The fourth-order valence-corrected chi connectivity index (χ4v) is 5.16. The lowest BCUT2D eigenvalue weighted by Gasteiger charge is -2.10. The van der Waals surface area contributed by atoms with E-state index in [1.54, 1.807) is 0 Å². The van der Waals surface area contributed by atoms with E-state index in [9.17, 15) is 0 Å². The third kappa shape index (κ3) is 2.68. The second-order valence-corrected chi connectivity index (χ2v) is 8.70. The van der Waals surface area contributed by atoms with Crippen LogP contribution in [0, 0.1) is 6.92 Å². The van der Waals surface area contributed by atoms with Gasteiger partial charge in [0, 0.05) is 32.8 Å². The van der Waals surface area contributed by atoms with Crippen molar-refractivity contribution in [3.8, 4) is 16.8 Å². The first kappa shape index (κ1) is 18.3. The first-order valence-electron chi connectivity index (χ1n) is 11.3. The van der Waals surface area contributed by atoms with Crippen molar-refractivity contribution in [3.63, 3.8) is 0 Å². The van der Waals surface area contributed by atoms with Crippen LogP contribution in [0.5, 0.6) is 0 Å². The van der Waals surface area contributed by atoms with Crippen LogP contribution in [-0.2, 0) is 0 Å². The molecule has 0 saturated carbocycles. The van der Waals surface area contributed by atoms with E-state index in [0.717, 1.165) is 33.1 Å². The minimum absolute atomic E-state index is 0.926. The summed E-state index contributed by atoms with van der Waals surface area (Å²) < 4.78 is 8.71. The number of fused-ring (bicyclic) bond motifs is 6. The van der Waals surface area contributed by atoms with Crippen molar-refractivity contribution in [2.24, 2.45) is 0 Å². The number of hydrogen-bond acceptors (Lipinski definition) is 1. The van der Waals surface area contributed by atoms with Gasteiger partial charge in [-0.25, -0.2) is 0 Å². The molecule has 0 aliphatic heterocycles. The highest BCUT2D eigenvalue weighted by Gasteiger charge is 2.16. The summed E-state index contributed by atoms with van der Waals surface area (Å²) in [5.41, 5.74) is 8.99. The van der Waals surface area contributed by atoms with Crippen LogP contribution in [0.2, 0.25) is 0 Å². The molecule has 0 bridgehead atoms. The predicted octanol–water partition coefficient (Wildman–Crippen LogP) is 8.66. The van der Waals surface area contributed by atoms with Crippen LogP contribution in [0.15, 0.2) is 114 Å². The van der Waals surface area contributed by atoms with E-state index in [4.69, 9.17) is 4.42 Å². The monoisotopic (exact) mass is 423 g/mol. The Morgan fingerprint density at radius 2 is 1.33 bits per heavy atom. The molecule has 33 heavy (non-hydrogen) atoms. The molecule has 0 aliphatic carbocycles. The number of aryl methyl sites for hydroxylation is 1. The Labute approximate surface area is 191 Å². The van der Waals surface area contributed by atoms with Crippen molar-refractivity contribution in [1.82, 2.24) is 4.57 Å². The van der Waals surface area contributed by atoms with Gasteiger partial charge in [-0.15, -0.1) is 0 Å². The van der Waals surface area contributed by atoms with Gasteiger partial charge in [-0.3, -0.25) is 0 Å². The van der Waals surface area contributed by atoms with Gasteiger partial charge in [-0.2, -0.15) is 0 Å². The normalized spacial score (nSPS) is 11.8. The van der Waals surface area contributed by atoms with Crippen molar-refractivity contribution in [2.75, 3.05) is 0 Å². The number of rotatable bonds is 2. The lowest BCUT2D eigenvalue weighted by Crippen LogP contribution is -1.94. The summed E-state index contributed by atoms with van der Waals surface area (Å²) in [6, 6.07) is 38.8. The molecule has 2 nitrogen and oxygen atoms in total. The van der Waals surface area contributed by atoms with Crippen molar-refractivity contribution < 1.29 is 4.42 Å². The van der Waals surface area contributed by atoms with Gasteiger partial charge in [-0.05, 0) is 48.4 Å². The van der Waals surface area contributed by atoms with E-state index in [-0.39, 0.29) is 0 Å². The van der Waals surface area contributed by atoms with Crippen LogP contribution in [0.1, 0.15) is 5.56 Å². The highest BCUT2D eigenvalue weighted by molar-refractivity contribution is 6.12. The zero-order valence-corrected chi connectivity index (χ0v) is 18.2. The van der Waals surface area contributed by atoms with Crippen LogP contribution < -0.4 is 0 Å².